The fraction of sp³-hybridized carbons (Fsp3) is 0.100. The molecule has 1 saturated heterocycles. The number of esters is 1. The van der Waals surface area contributed by atoms with Gasteiger partial charge >= 0.3 is 5.97 Å². The van der Waals surface area contributed by atoms with Crippen LogP contribution in [0.25, 0.3) is 11.1 Å². The molecule has 7 nitrogen and oxygen atoms in total. The number of nitrogens with zero attached hydrogens (tertiary/aromatic N) is 2. The highest BCUT2D eigenvalue weighted by Crippen LogP contribution is 2.33. The molecule has 1 unspecified atom stereocenters. The molecular formula is C30H22N2O5S. The largest absolute Gasteiger partial charge is 0.454 e. The summed E-state index contributed by atoms with van der Waals surface area (Å²) in [5.41, 5.74) is 3.05. The lowest BCUT2D eigenvalue weighted by Gasteiger charge is -2.15. The summed E-state index contributed by atoms with van der Waals surface area (Å²) in [7, 11) is 0. The van der Waals surface area contributed by atoms with Gasteiger partial charge in [0.1, 0.15) is 0 Å². The van der Waals surface area contributed by atoms with Crippen LogP contribution in [0.1, 0.15) is 27.1 Å². The standard InChI is InChI=1S/C30H22N2O5S/c33-25(22-11-9-21(10-12-22)20-6-2-1-3-7-20)19-37-30(36)23-13-15-24(16-14-23)32-28(34)18-26(29(32)35)38-27-8-4-5-17-31-27/h1-17,26H,18-19H2. The van der Waals surface area contributed by atoms with Gasteiger partial charge in [0.25, 0.3) is 0 Å². The van der Waals surface area contributed by atoms with Crippen molar-refractivity contribution in [3.63, 3.8) is 0 Å². The zero-order chi connectivity index (χ0) is 26.5. The zero-order valence-corrected chi connectivity index (χ0v) is 21.0. The van der Waals surface area contributed by atoms with Crippen LogP contribution >= 0.6 is 11.8 Å². The predicted octanol–water partition coefficient (Wildman–Crippen LogP) is 5.21. The van der Waals surface area contributed by atoms with Crippen LogP contribution in [0.3, 0.4) is 0 Å². The first-order valence-electron chi connectivity index (χ1n) is 11.9. The van der Waals surface area contributed by atoms with E-state index in [9.17, 15) is 19.2 Å². The Kier molecular flexibility index (Phi) is 7.42. The molecule has 1 aliphatic heterocycles. The van der Waals surface area contributed by atoms with E-state index in [2.05, 4.69) is 4.98 Å². The van der Waals surface area contributed by atoms with Crippen LogP contribution in [-0.2, 0) is 14.3 Å². The number of carbonyl (C=O) groups excluding carboxylic acids is 4. The van der Waals surface area contributed by atoms with Crippen LogP contribution in [0.15, 0.2) is 108 Å². The van der Waals surface area contributed by atoms with Crippen LogP contribution < -0.4 is 4.90 Å². The van der Waals surface area contributed by atoms with Gasteiger partial charge in [0.2, 0.25) is 11.8 Å². The Morgan fingerprint density at radius 2 is 1.47 bits per heavy atom. The van der Waals surface area contributed by atoms with Gasteiger partial charge in [-0.3, -0.25) is 14.4 Å². The first-order valence-corrected chi connectivity index (χ1v) is 12.8. The number of rotatable bonds is 8. The number of carbonyl (C=O) groups is 4. The number of amides is 2. The fourth-order valence-corrected chi connectivity index (χ4v) is 5.06. The van der Waals surface area contributed by atoms with Crippen LogP contribution in [-0.4, -0.2) is 40.4 Å². The molecule has 2 amide bonds. The number of hydrogen-bond acceptors (Lipinski definition) is 7. The molecule has 0 saturated carbocycles. The normalized spacial score (nSPS) is 14.9. The second-order valence-corrected chi connectivity index (χ2v) is 9.76. The van der Waals surface area contributed by atoms with E-state index in [-0.39, 0.29) is 29.6 Å². The van der Waals surface area contributed by atoms with Crippen molar-refractivity contribution in [3.05, 3.63) is 114 Å². The number of anilines is 1. The van der Waals surface area contributed by atoms with Crippen LogP contribution in [0.2, 0.25) is 0 Å². The third-order valence-corrected chi connectivity index (χ3v) is 7.15. The minimum Gasteiger partial charge on any atom is -0.454 e. The van der Waals surface area contributed by atoms with Gasteiger partial charge in [-0.15, -0.1) is 0 Å². The van der Waals surface area contributed by atoms with Gasteiger partial charge < -0.3 is 4.74 Å². The lowest BCUT2D eigenvalue weighted by molar-refractivity contribution is -0.121. The average molecular weight is 523 g/mol. The van der Waals surface area contributed by atoms with Crippen molar-refractivity contribution in [1.82, 2.24) is 4.98 Å². The number of ether oxygens (including phenoxy) is 1. The van der Waals surface area contributed by atoms with E-state index in [0.29, 0.717) is 16.3 Å². The third-order valence-electron chi connectivity index (χ3n) is 6.02. The lowest BCUT2D eigenvalue weighted by atomic mass is 10.0. The van der Waals surface area contributed by atoms with Gasteiger partial charge in [-0.2, -0.15) is 0 Å². The molecule has 0 bridgehead atoms. The van der Waals surface area contributed by atoms with E-state index in [1.165, 1.54) is 36.0 Å². The number of aromatic nitrogens is 1. The summed E-state index contributed by atoms with van der Waals surface area (Å²) in [4.78, 5) is 55.8. The van der Waals surface area contributed by atoms with Crippen molar-refractivity contribution in [2.75, 3.05) is 11.5 Å². The van der Waals surface area contributed by atoms with E-state index in [1.54, 1.807) is 30.5 Å². The van der Waals surface area contributed by atoms with Crippen molar-refractivity contribution in [1.29, 1.82) is 0 Å². The molecule has 8 heteroatoms. The Morgan fingerprint density at radius 3 is 2.16 bits per heavy atom. The van der Waals surface area contributed by atoms with Gasteiger partial charge in [0.15, 0.2) is 12.4 Å². The minimum absolute atomic E-state index is 0.0678. The Labute approximate surface area is 223 Å². The first-order chi connectivity index (χ1) is 18.5. The number of ketones is 1. The number of Topliss-reactive ketones (excluding diaryl/α,β-unsaturated/α-hetero) is 1. The summed E-state index contributed by atoms with van der Waals surface area (Å²) >= 11 is 1.25. The van der Waals surface area contributed by atoms with Crippen molar-refractivity contribution in [2.45, 2.75) is 16.7 Å². The first kappa shape index (κ1) is 25.1. The molecule has 1 aliphatic rings. The Morgan fingerprint density at radius 1 is 0.816 bits per heavy atom. The number of benzene rings is 3. The zero-order valence-electron chi connectivity index (χ0n) is 20.2. The Hall–Kier alpha value is -4.56. The minimum atomic E-state index is -0.673. The number of imide groups is 1. The van der Waals surface area contributed by atoms with Crippen LogP contribution in [0, 0.1) is 0 Å². The van der Waals surface area contributed by atoms with Gasteiger partial charge in [0.05, 0.1) is 21.5 Å². The van der Waals surface area contributed by atoms with Crippen molar-refractivity contribution in [2.24, 2.45) is 0 Å². The quantitative estimate of drug-likeness (QED) is 0.178. The summed E-state index contributed by atoms with van der Waals surface area (Å²) in [5.74, 6) is -1.64. The maximum atomic E-state index is 12.9. The maximum absolute atomic E-state index is 12.9. The summed E-state index contributed by atoms with van der Waals surface area (Å²) in [6, 6.07) is 28.3. The van der Waals surface area contributed by atoms with Crippen LogP contribution in [0.4, 0.5) is 5.69 Å². The van der Waals surface area contributed by atoms with E-state index in [4.69, 9.17) is 4.74 Å². The molecule has 38 heavy (non-hydrogen) atoms. The lowest BCUT2D eigenvalue weighted by Crippen LogP contribution is -2.31. The van der Waals surface area contributed by atoms with Gasteiger partial charge in [-0.1, -0.05) is 72.4 Å². The highest BCUT2D eigenvalue weighted by atomic mass is 32.2. The molecule has 4 aromatic rings. The monoisotopic (exact) mass is 522 g/mol. The molecule has 0 spiro atoms. The van der Waals surface area contributed by atoms with Crippen LogP contribution in [0.5, 0.6) is 0 Å². The van der Waals surface area contributed by atoms with Crippen molar-refractivity contribution < 1.29 is 23.9 Å². The molecule has 0 aliphatic carbocycles. The molecule has 3 aromatic carbocycles. The predicted molar refractivity (Wildman–Crippen MR) is 144 cm³/mol. The van der Waals surface area contributed by atoms with Crippen molar-refractivity contribution in [3.8, 4) is 11.1 Å². The summed E-state index contributed by atoms with van der Waals surface area (Å²) in [5, 5.41) is 0.107. The summed E-state index contributed by atoms with van der Waals surface area (Å²) in [6.07, 6.45) is 1.70. The summed E-state index contributed by atoms with van der Waals surface area (Å²) < 4.78 is 5.20. The molecule has 1 atom stereocenters. The molecule has 188 valence electrons. The van der Waals surface area contributed by atoms with Crippen molar-refractivity contribution >= 4 is 41.0 Å². The topological polar surface area (TPSA) is 93.6 Å². The second kappa shape index (κ2) is 11.2. The van der Waals surface area contributed by atoms with Gasteiger partial charge in [0, 0.05) is 18.2 Å². The van der Waals surface area contributed by atoms with E-state index in [0.717, 1.165) is 16.0 Å². The number of pyridine rings is 1. The number of thioether (sulfide) groups is 1. The Bertz CT molecular complexity index is 1470. The molecule has 1 aromatic heterocycles. The van der Waals surface area contributed by atoms with Gasteiger partial charge in [-0.05, 0) is 47.5 Å². The molecule has 5 rings (SSSR count). The second-order valence-electron chi connectivity index (χ2n) is 8.54. The maximum Gasteiger partial charge on any atom is 0.338 e. The van der Waals surface area contributed by atoms with E-state index >= 15 is 0 Å². The molecular weight excluding hydrogens is 500 g/mol. The fourth-order valence-electron chi connectivity index (χ4n) is 4.05. The molecule has 0 radical (unpaired) electrons. The number of hydrogen-bond donors (Lipinski definition) is 0. The molecule has 1 fully saturated rings. The molecule has 2 heterocycles. The molecule has 0 N–H and O–H groups in total. The smallest absolute Gasteiger partial charge is 0.338 e. The third kappa shape index (κ3) is 5.55. The SMILES string of the molecule is O=C(COC(=O)c1ccc(N2C(=O)CC(Sc3ccccn3)C2=O)cc1)c1ccc(-c2ccccc2)cc1. The van der Waals surface area contributed by atoms with E-state index < -0.39 is 17.8 Å². The highest BCUT2D eigenvalue weighted by molar-refractivity contribution is 8.00. The van der Waals surface area contributed by atoms with Gasteiger partial charge in [-0.25, -0.2) is 14.7 Å². The Balaban J connectivity index is 1.17. The van der Waals surface area contributed by atoms with E-state index in [1.807, 2.05) is 48.5 Å². The summed E-state index contributed by atoms with van der Waals surface area (Å²) in [6.45, 7) is -0.402. The highest BCUT2D eigenvalue weighted by Gasteiger charge is 2.40. The average Bonchev–Trinajstić information content (AvgIpc) is 3.24.